The van der Waals surface area contributed by atoms with Crippen LogP contribution in [0.2, 0.25) is 0 Å². The molecule has 2 aromatic heterocycles. The third-order valence-corrected chi connectivity index (χ3v) is 7.79. The molecule has 5 rings (SSSR count). The van der Waals surface area contributed by atoms with E-state index in [-0.39, 0.29) is 0 Å². The zero-order chi connectivity index (χ0) is 21.9. The number of nitrogens with zero attached hydrogens (tertiary/aromatic N) is 4. The van der Waals surface area contributed by atoms with Gasteiger partial charge in [-0.2, -0.15) is 0 Å². The van der Waals surface area contributed by atoms with Gasteiger partial charge >= 0.3 is 0 Å². The Labute approximate surface area is 196 Å². The molecule has 0 amide bonds. The van der Waals surface area contributed by atoms with E-state index in [2.05, 4.69) is 82.8 Å². The van der Waals surface area contributed by atoms with Crippen molar-refractivity contribution in [2.24, 2.45) is 0 Å². The Morgan fingerprint density at radius 1 is 0.656 bits per heavy atom. The summed E-state index contributed by atoms with van der Waals surface area (Å²) in [5.74, 6) is 0. The molecule has 0 fully saturated rings. The molecule has 3 aromatic carbocycles. The second-order valence-electron chi connectivity index (χ2n) is 8.15. The number of aromatic nitrogens is 4. The molecule has 0 saturated carbocycles. The highest BCUT2D eigenvalue weighted by molar-refractivity contribution is 7.15. The van der Waals surface area contributed by atoms with E-state index < -0.39 is 0 Å². The maximum Gasteiger partial charge on any atom is 0.148 e. The summed E-state index contributed by atoms with van der Waals surface area (Å²) < 4.78 is 0. The van der Waals surface area contributed by atoms with Gasteiger partial charge in [0.2, 0.25) is 0 Å². The Balaban J connectivity index is 1.51. The molecule has 0 N–H and O–H groups in total. The topological polar surface area (TPSA) is 51.6 Å². The Morgan fingerprint density at radius 2 is 1.38 bits per heavy atom. The Kier molecular flexibility index (Phi) is 6.23. The normalized spacial score (nSPS) is 11.6. The maximum atomic E-state index is 4.50. The van der Waals surface area contributed by atoms with Crippen LogP contribution in [0.3, 0.4) is 0 Å². The number of benzene rings is 3. The standard InChI is InChI=1S/C26H26N4S2/c1-3-5-10-23-27-29-25(31-23)19-13-12-17-16-22-18(14-20(17)15-19)8-7-9-21(22)26-30-28-24(32-26)11-6-4-2/h7-9,12-16H,3-6,10-11H2,1-2H3. The fourth-order valence-corrected chi connectivity index (χ4v) is 5.73. The summed E-state index contributed by atoms with van der Waals surface area (Å²) in [5.41, 5.74) is 2.30. The van der Waals surface area contributed by atoms with Crippen molar-refractivity contribution >= 4 is 44.2 Å². The van der Waals surface area contributed by atoms with E-state index in [1.54, 1.807) is 22.7 Å². The molecule has 0 aliphatic carbocycles. The van der Waals surface area contributed by atoms with Crippen molar-refractivity contribution in [2.75, 3.05) is 0 Å². The third kappa shape index (κ3) is 4.30. The van der Waals surface area contributed by atoms with E-state index in [0.29, 0.717) is 0 Å². The molecule has 4 nitrogen and oxygen atoms in total. The Hall–Kier alpha value is -2.70. The fraction of sp³-hybridized carbons (Fsp3) is 0.308. The summed E-state index contributed by atoms with van der Waals surface area (Å²) in [6.45, 7) is 4.41. The highest BCUT2D eigenvalue weighted by atomic mass is 32.1. The van der Waals surface area contributed by atoms with Crippen LogP contribution in [0.15, 0.2) is 48.5 Å². The van der Waals surface area contributed by atoms with Crippen LogP contribution in [-0.4, -0.2) is 20.4 Å². The van der Waals surface area contributed by atoms with Crippen LogP contribution in [0.25, 0.3) is 42.7 Å². The predicted molar refractivity (Wildman–Crippen MR) is 136 cm³/mol. The predicted octanol–water partition coefficient (Wildman–Crippen LogP) is 7.72. The second kappa shape index (κ2) is 9.43. The lowest BCUT2D eigenvalue weighted by molar-refractivity contribution is 0.780. The van der Waals surface area contributed by atoms with Crippen molar-refractivity contribution in [3.05, 3.63) is 58.5 Å². The van der Waals surface area contributed by atoms with Crippen LogP contribution >= 0.6 is 22.7 Å². The lowest BCUT2D eigenvalue weighted by Gasteiger charge is -2.07. The molecule has 32 heavy (non-hydrogen) atoms. The average molecular weight is 459 g/mol. The molecule has 0 aliphatic heterocycles. The molecule has 0 unspecified atom stereocenters. The van der Waals surface area contributed by atoms with Gasteiger partial charge in [0, 0.05) is 24.0 Å². The highest BCUT2D eigenvalue weighted by Gasteiger charge is 2.12. The molecule has 6 heteroatoms. The van der Waals surface area contributed by atoms with Gasteiger partial charge in [-0.25, -0.2) is 0 Å². The minimum Gasteiger partial charge on any atom is -0.143 e. The Bertz CT molecular complexity index is 1370. The summed E-state index contributed by atoms with van der Waals surface area (Å²) in [5, 5.41) is 26.9. The van der Waals surface area contributed by atoms with Crippen molar-refractivity contribution in [3.63, 3.8) is 0 Å². The molecule has 0 saturated heterocycles. The SMILES string of the molecule is CCCCc1nnc(-c2ccc3cc4c(-c5nnc(CCCC)s5)cccc4cc3c2)s1. The van der Waals surface area contributed by atoms with Gasteiger partial charge < -0.3 is 0 Å². The van der Waals surface area contributed by atoms with Gasteiger partial charge in [-0.15, -0.1) is 20.4 Å². The van der Waals surface area contributed by atoms with Crippen molar-refractivity contribution < 1.29 is 0 Å². The van der Waals surface area contributed by atoms with Crippen LogP contribution in [0.5, 0.6) is 0 Å². The first kappa shape index (κ1) is 21.2. The molecule has 0 spiro atoms. The lowest BCUT2D eigenvalue weighted by atomic mass is 9.99. The number of hydrogen-bond donors (Lipinski definition) is 0. The van der Waals surface area contributed by atoms with Crippen LogP contribution in [-0.2, 0) is 12.8 Å². The monoisotopic (exact) mass is 458 g/mol. The van der Waals surface area contributed by atoms with Gasteiger partial charge in [0.1, 0.15) is 20.0 Å². The van der Waals surface area contributed by atoms with Crippen molar-refractivity contribution in [3.8, 4) is 21.1 Å². The smallest absolute Gasteiger partial charge is 0.143 e. The van der Waals surface area contributed by atoms with Gasteiger partial charge in [0.05, 0.1) is 0 Å². The first-order chi connectivity index (χ1) is 15.7. The van der Waals surface area contributed by atoms with E-state index in [4.69, 9.17) is 0 Å². The molecule has 2 heterocycles. The van der Waals surface area contributed by atoms with Gasteiger partial charge in [-0.1, -0.05) is 79.7 Å². The number of aryl methyl sites for hydroxylation is 2. The van der Waals surface area contributed by atoms with E-state index >= 15 is 0 Å². The van der Waals surface area contributed by atoms with Crippen molar-refractivity contribution in [1.82, 2.24) is 20.4 Å². The maximum absolute atomic E-state index is 4.50. The van der Waals surface area contributed by atoms with E-state index in [0.717, 1.165) is 51.3 Å². The summed E-state index contributed by atoms with van der Waals surface area (Å²) in [6, 6.07) is 17.6. The van der Waals surface area contributed by atoms with Gasteiger partial charge in [-0.05, 0) is 52.6 Å². The van der Waals surface area contributed by atoms with Gasteiger partial charge in [0.15, 0.2) is 0 Å². The van der Waals surface area contributed by atoms with Crippen molar-refractivity contribution in [1.29, 1.82) is 0 Å². The van der Waals surface area contributed by atoms with Crippen LogP contribution in [0.4, 0.5) is 0 Å². The number of hydrogen-bond acceptors (Lipinski definition) is 6. The van der Waals surface area contributed by atoms with Gasteiger partial charge in [0.25, 0.3) is 0 Å². The van der Waals surface area contributed by atoms with E-state index in [1.807, 2.05) is 0 Å². The molecule has 162 valence electrons. The summed E-state index contributed by atoms with van der Waals surface area (Å²) >= 11 is 3.43. The summed E-state index contributed by atoms with van der Waals surface area (Å²) in [4.78, 5) is 0. The molecule has 0 bridgehead atoms. The second-order valence-corrected chi connectivity index (χ2v) is 10.3. The minimum absolute atomic E-state index is 1.00. The van der Waals surface area contributed by atoms with Gasteiger partial charge in [-0.3, -0.25) is 0 Å². The van der Waals surface area contributed by atoms with Crippen LogP contribution < -0.4 is 0 Å². The molecule has 5 aromatic rings. The van der Waals surface area contributed by atoms with Crippen molar-refractivity contribution in [2.45, 2.75) is 52.4 Å². The fourth-order valence-electron chi connectivity index (χ4n) is 3.93. The molecule has 0 radical (unpaired) electrons. The minimum atomic E-state index is 1.00. The quantitative estimate of drug-likeness (QED) is 0.223. The van der Waals surface area contributed by atoms with Crippen LogP contribution in [0, 0.1) is 0 Å². The summed E-state index contributed by atoms with van der Waals surface area (Å²) in [6.07, 6.45) is 6.70. The number of rotatable bonds is 8. The number of fused-ring (bicyclic) bond motifs is 2. The first-order valence-corrected chi connectivity index (χ1v) is 13.0. The third-order valence-electron chi connectivity index (χ3n) is 5.74. The molecule has 0 atom stereocenters. The highest BCUT2D eigenvalue weighted by Crippen LogP contribution is 2.35. The van der Waals surface area contributed by atoms with E-state index in [9.17, 15) is 0 Å². The first-order valence-electron chi connectivity index (χ1n) is 11.4. The lowest BCUT2D eigenvalue weighted by Crippen LogP contribution is -1.84. The molecule has 0 aliphatic rings. The largest absolute Gasteiger partial charge is 0.148 e. The van der Waals surface area contributed by atoms with E-state index in [1.165, 1.54) is 39.9 Å². The molecular formula is C26H26N4S2. The summed E-state index contributed by atoms with van der Waals surface area (Å²) in [7, 11) is 0. The Morgan fingerprint density at radius 3 is 2.12 bits per heavy atom. The van der Waals surface area contributed by atoms with Crippen LogP contribution in [0.1, 0.15) is 49.5 Å². The average Bonchev–Trinajstić information content (AvgIpc) is 3.49. The number of unbranched alkanes of at least 4 members (excludes halogenated alkanes) is 2. The molecular weight excluding hydrogens is 432 g/mol. The zero-order valence-corrected chi connectivity index (χ0v) is 20.1. The zero-order valence-electron chi connectivity index (χ0n) is 18.5.